The fraction of sp³-hybridized carbons (Fsp3) is 0.647. The molecule has 1 aromatic carbocycles. The number of nitrogens with zero attached hydrogens (tertiary/aromatic N) is 2. The second kappa shape index (κ2) is 6.25. The van der Waals surface area contributed by atoms with Gasteiger partial charge in [-0.1, -0.05) is 51.1 Å². The van der Waals surface area contributed by atoms with Gasteiger partial charge >= 0.3 is 0 Å². The van der Waals surface area contributed by atoms with Crippen molar-refractivity contribution in [1.29, 1.82) is 0 Å². The fourth-order valence-corrected chi connectivity index (χ4v) is 2.66. The summed E-state index contributed by atoms with van der Waals surface area (Å²) in [7, 11) is 2.17. The molecule has 0 aromatic heterocycles. The van der Waals surface area contributed by atoms with Crippen molar-refractivity contribution in [3.05, 3.63) is 35.9 Å². The summed E-state index contributed by atoms with van der Waals surface area (Å²) in [6, 6.07) is 11.0. The van der Waals surface area contributed by atoms with Gasteiger partial charge in [-0.05, 0) is 18.0 Å². The predicted octanol–water partition coefficient (Wildman–Crippen LogP) is 2.38. The fourth-order valence-electron chi connectivity index (χ4n) is 2.66. The molecule has 2 atom stereocenters. The smallest absolute Gasteiger partial charge is 0.0715 e. The number of rotatable bonds is 3. The second-order valence-corrected chi connectivity index (χ2v) is 7.07. The van der Waals surface area contributed by atoms with Gasteiger partial charge in [-0.3, -0.25) is 4.90 Å². The summed E-state index contributed by atoms with van der Waals surface area (Å²) in [5.74, 6) is 0. The minimum absolute atomic E-state index is 0.0649. The molecule has 0 saturated carbocycles. The number of β-amino-alcohol motifs (C(OH)–C–C–N with tert-alkyl or cyclic N) is 1. The Morgan fingerprint density at radius 2 is 1.85 bits per heavy atom. The number of likely N-dealkylation sites (N-methyl/N-ethyl adjacent to an activating group) is 1. The van der Waals surface area contributed by atoms with E-state index in [9.17, 15) is 5.11 Å². The van der Waals surface area contributed by atoms with Crippen molar-refractivity contribution in [2.24, 2.45) is 5.41 Å². The Morgan fingerprint density at radius 3 is 2.45 bits per heavy atom. The molecule has 0 radical (unpaired) electrons. The first-order chi connectivity index (χ1) is 9.38. The molecule has 1 fully saturated rings. The highest BCUT2D eigenvalue weighted by atomic mass is 16.3. The predicted molar refractivity (Wildman–Crippen MR) is 83.7 cm³/mol. The molecule has 1 saturated heterocycles. The highest BCUT2D eigenvalue weighted by Crippen LogP contribution is 2.28. The molecule has 0 aliphatic carbocycles. The maximum atomic E-state index is 10.4. The van der Waals surface area contributed by atoms with Crippen LogP contribution in [0.4, 0.5) is 0 Å². The molecule has 112 valence electrons. The first-order valence-corrected chi connectivity index (χ1v) is 7.53. The average molecular weight is 276 g/mol. The average Bonchev–Trinajstić information content (AvgIpc) is 2.40. The van der Waals surface area contributed by atoms with Crippen LogP contribution in [0.2, 0.25) is 0 Å². The molecule has 0 amide bonds. The lowest BCUT2D eigenvalue weighted by Gasteiger charge is -2.42. The summed E-state index contributed by atoms with van der Waals surface area (Å²) in [6.45, 7) is 10.2. The number of aliphatic hydroxyl groups is 1. The Hall–Kier alpha value is -0.900. The van der Waals surface area contributed by atoms with E-state index in [2.05, 4.69) is 68.0 Å². The molecule has 0 spiro atoms. The van der Waals surface area contributed by atoms with Gasteiger partial charge in [0, 0.05) is 32.2 Å². The monoisotopic (exact) mass is 276 g/mol. The largest absolute Gasteiger partial charge is 0.391 e. The van der Waals surface area contributed by atoms with Gasteiger partial charge in [0.05, 0.1) is 6.10 Å². The highest BCUT2D eigenvalue weighted by Gasteiger charge is 2.31. The molecule has 1 heterocycles. The third kappa shape index (κ3) is 3.81. The molecule has 2 unspecified atom stereocenters. The van der Waals surface area contributed by atoms with Crippen molar-refractivity contribution < 1.29 is 5.11 Å². The zero-order valence-corrected chi connectivity index (χ0v) is 13.2. The summed E-state index contributed by atoms with van der Waals surface area (Å²) in [5, 5.41) is 10.4. The van der Waals surface area contributed by atoms with Crippen molar-refractivity contribution in [3.8, 4) is 0 Å². The Kier molecular flexibility index (Phi) is 4.84. The molecule has 1 aliphatic rings. The SMILES string of the molecule is CN1CCN(CC(O)C(C)(C)C)C(c2ccccc2)C1. The Morgan fingerprint density at radius 1 is 1.20 bits per heavy atom. The van der Waals surface area contributed by atoms with Crippen LogP contribution >= 0.6 is 0 Å². The maximum Gasteiger partial charge on any atom is 0.0715 e. The summed E-state index contributed by atoms with van der Waals surface area (Å²) in [5.41, 5.74) is 1.28. The van der Waals surface area contributed by atoms with Gasteiger partial charge in [-0.25, -0.2) is 0 Å². The van der Waals surface area contributed by atoms with Crippen LogP contribution in [0.1, 0.15) is 32.4 Å². The highest BCUT2D eigenvalue weighted by molar-refractivity contribution is 5.20. The van der Waals surface area contributed by atoms with E-state index in [1.54, 1.807) is 0 Å². The molecule has 3 heteroatoms. The Labute approximate surface area is 123 Å². The maximum absolute atomic E-state index is 10.4. The van der Waals surface area contributed by atoms with Gasteiger partial charge in [0.15, 0.2) is 0 Å². The van der Waals surface area contributed by atoms with Crippen LogP contribution < -0.4 is 0 Å². The summed E-state index contributed by atoms with van der Waals surface area (Å²) < 4.78 is 0. The quantitative estimate of drug-likeness (QED) is 0.918. The van der Waals surface area contributed by atoms with Gasteiger partial charge in [0.2, 0.25) is 0 Å². The first-order valence-electron chi connectivity index (χ1n) is 7.53. The Balaban J connectivity index is 2.13. The number of hydrogen-bond donors (Lipinski definition) is 1. The van der Waals surface area contributed by atoms with E-state index >= 15 is 0 Å². The second-order valence-electron chi connectivity index (χ2n) is 7.07. The normalized spacial score (nSPS) is 23.8. The van der Waals surface area contributed by atoms with Crippen LogP contribution in [-0.4, -0.2) is 54.2 Å². The lowest BCUT2D eigenvalue weighted by molar-refractivity contribution is -0.00566. The van der Waals surface area contributed by atoms with Gasteiger partial charge in [-0.2, -0.15) is 0 Å². The Bertz CT molecular complexity index is 413. The minimum atomic E-state index is -0.294. The minimum Gasteiger partial charge on any atom is -0.391 e. The molecule has 3 nitrogen and oxygen atoms in total. The van der Waals surface area contributed by atoms with E-state index in [0.717, 1.165) is 26.2 Å². The van der Waals surface area contributed by atoms with E-state index < -0.39 is 0 Å². The van der Waals surface area contributed by atoms with Crippen LogP contribution in [0.3, 0.4) is 0 Å². The van der Waals surface area contributed by atoms with Crippen molar-refractivity contribution >= 4 is 0 Å². The molecular formula is C17H28N2O. The van der Waals surface area contributed by atoms with E-state index in [0.29, 0.717) is 6.04 Å². The third-order valence-corrected chi connectivity index (χ3v) is 4.29. The number of hydrogen-bond acceptors (Lipinski definition) is 3. The summed E-state index contributed by atoms with van der Waals surface area (Å²) >= 11 is 0. The van der Waals surface area contributed by atoms with E-state index in [4.69, 9.17) is 0 Å². The molecule has 20 heavy (non-hydrogen) atoms. The first kappa shape index (κ1) is 15.5. The summed E-state index contributed by atoms with van der Waals surface area (Å²) in [6.07, 6.45) is -0.294. The van der Waals surface area contributed by atoms with Crippen LogP contribution in [0.5, 0.6) is 0 Å². The van der Waals surface area contributed by atoms with Gasteiger partial charge < -0.3 is 10.0 Å². The van der Waals surface area contributed by atoms with Gasteiger partial charge in [0.25, 0.3) is 0 Å². The molecule has 1 aliphatic heterocycles. The van der Waals surface area contributed by atoms with Crippen molar-refractivity contribution in [2.45, 2.75) is 32.9 Å². The summed E-state index contributed by atoms with van der Waals surface area (Å²) in [4.78, 5) is 4.81. The van der Waals surface area contributed by atoms with Gasteiger partial charge in [0.1, 0.15) is 0 Å². The van der Waals surface area contributed by atoms with Crippen LogP contribution in [0.25, 0.3) is 0 Å². The number of piperazine rings is 1. The molecule has 1 aromatic rings. The number of aliphatic hydroxyl groups excluding tert-OH is 1. The van der Waals surface area contributed by atoms with Crippen molar-refractivity contribution in [1.82, 2.24) is 9.80 Å². The van der Waals surface area contributed by atoms with E-state index in [1.807, 2.05) is 0 Å². The molecule has 2 rings (SSSR count). The molecular weight excluding hydrogens is 248 g/mol. The lowest BCUT2D eigenvalue weighted by atomic mass is 9.88. The zero-order chi connectivity index (χ0) is 14.8. The standard InChI is InChI=1S/C17H28N2O/c1-17(2,3)16(20)13-19-11-10-18(4)12-15(19)14-8-6-5-7-9-14/h5-9,15-16,20H,10-13H2,1-4H3. The van der Waals surface area contributed by atoms with E-state index in [-0.39, 0.29) is 11.5 Å². The lowest BCUT2D eigenvalue weighted by Crippen LogP contribution is -2.50. The van der Waals surface area contributed by atoms with Crippen molar-refractivity contribution in [2.75, 3.05) is 33.2 Å². The third-order valence-electron chi connectivity index (χ3n) is 4.29. The van der Waals surface area contributed by atoms with Crippen LogP contribution in [0.15, 0.2) is 30.3 Å². The van der Waals surface area contributed by atoms with Crippen molar-refractivity contribution in [3.63, 3.8) is 0 Å². The topological polar surface area (TPSA) is 26.7 Å². The molecule has 1 N–H and O–H groups in total. The van der Waals surface area contributed by atoms with E-state index in [1.165, 1.54) is 5.56 Å². The zero-order valence-electron chi connectivity index (χ0n) is 13.2. The number of benzene rings is 1. The van der Waals surface area contributed by atoms with Gasteiger partial charge in [-0.15, -0.1) is 0 Å². The van der Waals surface area contributed by atoms with Crippen LogP contribution in [0, 0.1) is 5.41 Å². The molecule has 0 bridgehead atoms. The van der Waals surface area contributed by atoms with Crippen LogP contribution in [-0.2, 0) is 0 Å².